The van der Waals surface area contributed by atoms with E-state index in [-0.39, 0.29) is 59.5 Å². The molecule has 4 atom stereocenters. The van der Waals surface area contributed by atoms with Crippen LogP contribution in [-0.2, 0) is 9.59 Å². The van der Waals surface area contributed by atoms with Crippen LogP contribution in [0.5, 0.6) is 0 Å². The number of fused-ring (bicyclic) bond motifs is 5. The zero-order valence-corrected chi connectivity index (χ0v) is 17.1. The van der Waals surface area contributed by atoms with Gasteiger partial charge in [0.25, 0.3) is 0 Å². The first kappa shape index (κ1) is 20.2. The van der Waals surface area contributed by atoms with Crippen molar-refractivity contribution in [3.05, 3.63) is 12.2 Å². The lowest BCUT2D eigenvalue weighted by Gasteiger charge is -2.17. The second kappa shape index (κ2) is 9.00. The van der Waals surface area contributed by atoms with E-state index >= 15 is 0 Å². The maximum absolute atomic E-state index is 12.5. The third-order valence-electron chi connectivity index (χ3n) is 5.50. The van der Waals surface area contributed by atoms with Crippen molar-refractivity contribution in [2.75, 3.05) is 19.6 Å². The topological polar surface area (TPSA) is 87.8 Å². The van der Waals surface area contributed by atoms with Gasteiger partial charge in [0.05, 0.1) is 11.8 Å². The minimum absolute atomic E-state index is 0. The van der Waals surface area contributed by atoms with Gasteiger partial charge in [-0.15, -0.1) is 24.0 Å². The number of carbonyl (C=O) groups excluding carboxylic acids is 2. The molecule has 140 valence electrons. The maximum Gasteiger partial charge on any atom is 0.233 e. The summed E-state index contributed by atoms with van der Waals surface area (Å²) >= 11 is 0. The van der Waals surface area contributed by atoms with Gasteiger partial charge in [0.15, 0.2) is 5.96 Å². The quantitative estimate of drug-likeness (QED) is 0.145. The number of halogens is 1. The number of nitrogens with two attached hydrogens (primary N) is 1. The van der Waals surface area contributed by atoms with Crippen molar-refractivity contribution < 1.29 is 9.59 Å². The van der Waals surface area contributed by atoms with Gasteiger partial charge < -0.3 is 11.1 Å². The molecular weight excluding hydrogens is 431 g/mol. The Balaban J connectivity index is 0.00000225. The van der Waals surface area contributed by atoms with E-state index in [0.29, 0.717) is 19.0 Å². The summed E-state index contributed by atoms with van der Waals surface area (Å²) in [6.07, 6.45) is 9.83. The first-order valence-corrected chi connectivity index (χ1v) is 9.20. The number of likely N-dealkylation sites (tertiary alicyclic amines) is 1. The van der Waals surface area contributed by atoms with Crippen molar-refractivity contribution in [3.63, 3.8) is 0 Å². The molecule has 1 saturated carbocycles. The van der Waals surface area contributed by atoms with Crippen molar-refractivity contribution in [1.82, 2.24) is 10.2 Å². The number of unbranched alkanes of at least 4 members (excludes halogenated alkanes) is 3. The molecule has 3 rings (SSSR count). The summed E-state index contributed by atoms with van der Waals surface area (Å²) in [6.45, 7) is 3.73. The first-order chi connectivity index (χ1) is 11.6. The van der Waals surface area contributed by atoms with Crippen LogP contribution in [0.3, 0.4) is 0 Å². The average Bonchev–Trinajstić information content (AvgIpc) is 3.24. The summed E-state index contributed by atoms with van der Waals surface area (Å²) in [5.41, 5.74) is 5.83. The predicted octanol–water partition coefficient (Wildman–Crippen LogP) is 1.90. The Kier molecular flexibility index (Phi) is 7.27. The summed E-state index contributed by atoms with van der Waals surface area (Å²) in [6, 6.07) is 0. The highest BCUT2D eigenvalue weighted by Gasteiger charge is 2.58. The predicted molar refractivity (Wildman–Crippen MR) is 108 cm³/mol. The number of hydrogen-bond donors (Lipinski definition) is 2. The molecule has 2 fully saturated rings. The summed E-state index contributed by atoms with van der Waals surface area (Å²) in [5, 5.41) is 3.01. The SMILES string of the molecule is CCCCCCN=C(N)NCCN1C(=O)C2C3C=CC(C3)C2C1=O.I. The lowest BCUT2D eigenvalue weighted by molar-refractivity contribution is -0.140. The molecule has 0 radical (unpaired) electrons. The lowest BCUT2D eigenvalue weighted by Crippen LogP contribution is -2.41. The van der Waals surface area contributed by atoms with E-state index in [4.69, 9.17) is 5.73 Å². The largest absolute Gasteiger partial charge is 0.370 e. The summed E-state index contributed by atoms with van der Waals surface area (Å²) < 4.78 is 0. The molecule has 2 amide bonds. The molecule has 6 nitrogen and oxygen atoms in total. The Bertz CT molecular complexity index is 533. The summed E-state index contributed by atoms with van der Waals surface area (Å²) in [7, 11) is 0. The highest BCUT2D eigenvalue weighted by Crippen LogP contribution is 2.52. The van der Waals surface area contributed by atoms with Crippen LogP contribution in [-0.4, -0.2) is 42.3 Å². The third kappa shape index (κ3) is 4.17. The molecule has 3 N–H and O–H groups in total. The number of guanidine groups is 1. The molecule has 0 aromatic rings. The highest BCUT2D eigenvalue weighted by molar-refractivity contribution is 14.0. The lowest BCUT2D eigenvalue weighted by atomic mass is 9.85. The number of hydrogen-bond acceptors (Lipinski definition) is 3. The van der Waals surface area contributed by atoms with Gasteiger partial charge >= 0.3 is 0 Å². The minimum Gasteiger partial charge on any atom is -0.370 e. The van der Waals surface area contributed by atoms with Crippen molar-refractivity contribution in [3.8, 4) is 0 Å². The van der Waals surface area contributed by atoms with Crippen LogP contribution in [0.25, 0.3) is 0 Å². The average molecular weight is 460 g/mol. The van der Waals surface area contributed by atoms with Crippen LogP contribution >= 0.6 is 24.0 Å². The van der Waals surface area contributed by atoms with E-state index in [0.717, 1.165) is 19.4 Å². The molecule has 3 aliphatic rings. The van der Waals surface area contributed by atoms with Crippen molar-refractivity contribution >= 4 is 41.8 Å². The smallest absolute Gasteiger partial charge is 0.233 e. The molecule has 25 heavy (non-hydrogen) atoms. The second-order valence-electron chi connectivity index (χ2n) is 7.08. The molecule has 4 unspecified atom stereocenters. The number of nitrogens with one attached hydrogen (secondary N) is 1. The Morgan fingerprint density at radius 2 is 1.84 bits per heavy atom. The zero-order valence-electron chi connectivity index (χ0n) is 14.8. The number of imide groups is 1. The monoisotopic (exact) mass is 460 g/mol. The highest BCUT2D eigenvalue weighted by atomic mass is 127. The molecular formula is C18H29IN4O2. The molecule has 7 heteroatoms. The molecule has 2 aliphatic carbocycles. The van der Waals surface area contributed by atoms with Gasteiger partial charge in [0, 0.05) is 19.6 Å². The zero-order chi connectivity index (χ0) is 17.1. The maximum atomic E-state index is 12.5. The van der Waals surface area contributed by atoms with Crippen LogP contribution in [0.15, 0.2) is 17.1 Å². The van der Waals surface area contributed by atoms with Gasteiger partial charge in [0.1, 0.15) is 0 Å². The Hall–Kier alpha value is -1.12. The molecule has 1 saturated heterocycles. The van der Waals surface area contributed by atoms with Gasteiger partial charge in [0.2, 0.25) is 11.8 Å². The van der Waals surface area contributed by atoms with Gasteiger partial charge in [-0.2, -0.15) is 0 Å². The van der Waals surface area contributed by atoms with Gasteiger partial charge in [-0.25, -0.2) is 0 Å². The number of nitrogens with zero attached hydrogens (tertiary/aromatic N) is 2. The standard InChI is InChI=1S/C18H28N4O2.HI/c1-2-3-4-5-8-20-18(19)21-9-10-22-16(23)14-12-6-7-13(11-12)15(14)17(22)24;/h6-7,12-15H,2-5,8-11H2,1H3,(H3,19,20,21);1H. The molecule has 0 spiro atoms. The number of rotatable bonds is 8. The number of carbonyl (C=O) groups is 2. The van der Waals surface area contributed by atoms with Gasteiger partial charge in [-0.1, -0.05) is 38.3 Å². The van der Waals surface area contributed by atoms with E-state index in [1.807, 2.05) is 0 Å². The van der Waals surface area contributed by atoms with E-state index < -0.39 is 0 Å². The van der Waals surface area contributed by atoms with Gasteiger partial charge in [-0.05, 0) is 24.7 Å². The number of allylic oxidation sites excluding steroid dienone is 2. The summed E-state index contributed by atoms with van der Waals surface area (Å²) in [4.78, 5) is 30.7. The van der Waals surface area contributed by atoms with Crippen LogP contribution in [0.1, 0.15) is 39.0 Å². The molecule has 2 bridgehead atoms. The molecule has 1 aliphatic heterocycles. The number of amides is 2. The third-order valence-corrected chi connectivity index (χ3v) is 5.50. The normalized spacial score (nSPS) is 30.0. The fourth-order valence-electron chi connectivity index (χ4n) is 4.27. The Morgan fingerprint density at radius 3 is 2.44 bits per heavy atom. The number of aliphatic imine (C=N–C) groups is 1. The Morgan fingerprint density at radius 1 is 1.20 bits per heavy atom. The van der Waals surface area contributed by atoms with Gasteiger partial charge in [-0.3, -0.25) is 19.5 Å². The molecule has 0 aromatic carbocycles. The second-order valence-corrected chi connectivity index (χ2v) is 7.08. The fourth-order valence-corrected chi connectivity index (χ4v) is 4.27. The van der Waals surface area contributed by atoms with Crippen molar-refractivity contribution in [2.24, 2.45) is 34.4 Å². The van der Waals surface area contributed by atoms with E-state index in [1.165, 1.54) is 24.2 Å². The van der Waals surface area contributed by atoms with Crippen LogP contribution in [0.4, 0.5) is 0 Å². The van der Waals surface area contributed by atoms with Crippen LogP contribution in [0, 0.1) is 23.7 Å². The first-order valence-electron chi connectivity index (χ1n) is 9.20. The van der Waals surface area contributed by atoms with Crippen LogP contribution in [0.2, 0.25) is 0 Å². The van der Waals surface area contributed by atoms with Crippen molar-refractivity contribution in [2.45, 2.75) is 39.0 Å². The minimum atomic E-state index is -0.114. The summed E-state index contributed by atoms with van der Waals surface area (Å²) in [5.74, 6) is 0.701. The van der Waals surface area contributed by atoms with E-state index in [2.05, 4.69) is 29.4 Å². The van der Waals surface area contributed by atoms with Crippen LogP contribution < -0.4 is 11.1 Å². The Labute approximate surface area is 166 Å². The van der Waals surface area contributed by atoms with Crippen molar-refractivity contribution in [1.29, 1.82) is 0 Å². The molecule has 1 heterocycles. The van der Waals surface area contributed by atoms with E-state index in [1.54, 1.807) is 0 Å². The fraction of sp³-hybridized carbons (Fsp3) is 0.722. The molecule has 0 aromatic heterocycles. The van der Waals surface area contributed by atoms with E-state index in [9.17, 15) is 9.59 Å².